The third-order valence-electron chi connectivity index (χ3n) is 5.88. The number of carbonyl (C=O) groups is 1. The van der Waals surface area contributed by atoms with E-state index in [2.05, 4.69) is 15.1 Å². The summed E-state index contributed by atoms with van der Waals surface area (Å²) in [4.78, 5) is 16.7. The molecule has 4 unspecified atom stereocenters. The van der Waals surface area contributed by atoms with Crippen LogP contribution in [-0.4, -0.2) is 67.8 Å². The molecule has 5 heteroatoms. The summed E-state index contributed by atoms with van der Waals surface area (Å²) in [5, 5.41) is 3.11. The zero-order valence-electron chi connectivity index (χ0n) is 12.1. The second-order valence-electron chi connectivity index (χ2n) is 6.83. The predicted molar refractivity (Wildman–Crippen MR) is 75.5 cm³/mol. The Morgan fingerprint density at radius 1 is 1.20 bits per heavy atom. The zero-order valence-corrected chi connectivity index (χ0v) is 12.1. The standard InChI is InChI=1S/C15H25N3O2/c19-15(16-3-4-17-5-7-20-8-6-17)18-10-13-11-1-2-12(9-11)14(13)18/h11-14H,1-10H2,(H,16,19). The first kappa shape index (κ1) is 12.9. The van der Waals surface area contributed by atoms with Gasteiger partial charge >= 0.3 is 6.03 Å². The molecule has 0 aromatic carbocycles. The second-order valence-corrected chi connectivity index (χ2v) is 6.83. The Balaban J connectivity index is 1.21. The van der Waals surface area contributed by atoms with Crippen molar-refractivity contribution in [1.82, 2.24) is 15.1 Å². The van der Waals surface area contributed by atoms with Crippen LogP contribution in [0.25, 0.3) is 0 Å². The molecular formula is C15H25N3O2. The number of nitrogens with zero attached hydrogens (tertiary/aromatic N) is 2. The molecule has 4 aliphatic rings. The summed E-state index contributed by atoms with van der Waals surface area (Å²) < 4.78 is 5.33. The fourth-order valence-corrected chi connectivity index (χ4v) is 4.80. The van der Waals surface area contributed by atoms with Crippen molar-refractivity contribution < 1.29 is 9.53 Å². The highest BCUT2D eigenvalue weighted by atomic mass is 16.5. The summed E-state index contributed by atoms with van der Waals surface area (Å²) in [6.07, 6.45) is 4.15. The first-order chi connectivity index (χ1) is 9.83. The third kappa shape index (κ3) is 2.11. The number of nitrogens with one attached hydrogen (secondary N) is 1. The Kier molecular flexibility index (Phi) is 3.34. The van der Waals surface area contributed by atoms with Crippen LogP contribution < -0.4 is 5.32 Å². The van der Waals surface area contributed by atoms with Gasteiger partial charge in [0.15, 0.2) is 0 Å². The normalized spacial score (nSPS) is 39.5. The van der Waals surface area contributed by atoms with Crippen molar-refractivity contribution in [3.8, 4) is 0 Å². The molecule has 2 saturated carbocycles. The molecule has 0 aromatic heterocycles. The summed E-state index contributed by atoms with van der Waals surface area (Å²) in [5.41, 5.74) is 0. The maximum Gasteiger partial charge on any atom is 0.317 e. The smallest absolute Gasteiger partial charge is 0.317 e. The van der Waals surface area contributed by atoms with Gasteiger partial charge in [0.1, 0.15) is 0 Å². The molecule has 4 fully saturated rings. The van der Waals surface area contributed by atoms with Crippen molar-refractivity contribution in [2.75, 3.05) is 45.9 Å². The largest absolute Gasteiger partial charge is 0.379 e. The van der Waals surface area contributed by atoms with Gasteiger partial charge in [0.05, 0.1) is 13.2 Å². The predicted octanol–water partition coefficient (Wildman–Crippen LogP) is 0.758. The van der Waals surface area contributed by atoms with Gasteiger partial charge in [0, 0.05) is 44.7 Å². The molecule has 2 amide bonds. The minimum absolute atomic E-state index is 0.173. The number of amides is 2. The summed E-state index contributed by atoms with van der Waals surface area (Å²) in [5.74, 6) is 2.57. The Morgan fingerprint density at radius 2 is 2.00 bits per heavy atom. The summed E-state index contributed by atoms with van der Waals surface area (Å²) in [7, 11) is 0. The molecule has 2 aliphatic carbocycles. The highest BCUT2D eigenvalue weighted by molar-refractivity contribution is 5.75. The fraction of sp³-hybridized carbons (Fsp3) is 0.933. The number of hydrogen-bond donors (Lipinski definition) is 1. The number of rotatable bonds is 3. The number of morpholine rings is 1. The molecule has 112 valence electrons. The molecule has 5 nitrogen and oxygen atoms in total. The first-order valence-electron chi connectivity index (χ1n) is 8.17. The van der Waals surface area contributed by atoms with Crippen molar-refractivity contribution in [2.45, 2.75) is 25.3 Å². The van der Waals surface area contributed by atoms with Crippen LogP contribution in [0.2, 0.25) is 0 Å². The lowest BCUT2D eigenvalue weighted by Crippen LogP contribution is -2.63. The van der Waals surface area contributed by atoms with Gasteiger partial charge in [-0.25, -0.2) is 4.79 Å². The minimum atomic E-state index is 0.173. The van der Waals surface area contributed by atoms with Gasteiger partial charge in [-0.3, -0.25) is 4.90 Å². The summed E-state index contributed by atoms with van der Waals surface area (Å²) >= 11 is 0. The molecule has 4 atom stereocenters. The van der Waals surface area contributed by atoms with E-state index in [4.69, 9.17) is 4.74 Å². The molecule has 1 N–H and O–H groups in total. The molecule has 20 heavy (non-hydrogen) atoms. The van der Waals surface area contributed by atoms with E-state index < -0.39 is 0 Å². The van der Waals surface area contributed by atoms with Crippen LogP contribution in [0.15, 0.2) is 0 Å². The second kappa shape index (κ2) is 5.19. The van der Waals surface area contributed by atoms with Gasteiger partial charge in [-0.15, -0.1) is 0 Å². The van der Waals surface area contributed by atoms with Gasteiger partial charge in [-0.1, -0.05) is 0 Å². The molecular weight excluding hydrogens is 254 g/mol. The van der Waals surface area contributed by atoms with E-state index in [1.165, 1.54) is 19.3 Å². The highest BCUT2D eigenvalue weighted by Gasteiger charge is 2.57. The summed E-state index contributed by atoms with van der Waals surface area (Å²) in [6, 6.07) is 0.754. The molecule has 2 bridgehead atoms. The van der Waals surface area contributed by atoms with Crippen molar-refractivity contribution in [3.63, 3.8) is 0 Å². The Bertz CT molecular complexity index is 381. The average Bonchev–Trinajstić information content (AvgIpc) is 2.96. The minimum Gasteiger partial charge on any atom is -0.379 e. The van der Waals surface area contributed by atoms with Crippen LogP contribution in [0.5, 0.6) is 0 Å². The molecule has 2 aliphatic heterocycles. The van der Waals surface area contributed by atoms with Crippen LogP contribution in [-0.2, 0) is 4.74 Å². The number of likely N-dealkylation sites (tertiary alicyclic amines) is 1. The van der Waals surface area contributed by atoms with Crippen LogP contribution in [0.3, 0.4) is 0 Å². The Labute approximate surface area is 120 Å². The quantitative estimate of drug-likeness (QED) is 0.829. The molecule has 2 saturated heterocycles. The topological polar surface area (TPSA) is 44.8 Å². The van der Waals surface area contributed by atoms with Crippen LogP contribution in [0.1, 0.15) is 19.3 Å². The average molecular weight is 279 g/mol. The number of hydrogen-bond acceptors (Lipinski definition) is 3. The first-order valence-corrected chi connectivity index (χ1v) is 8.17. The zero-order chi connectivity index (χ0) is 13.5. The fourth-order valence-electron chi connectivity index (χ4n) is 4.80. The SMILES string of the molecule is O=C(NCCN1CCOCC1)N1CC2C3CCC(C3)C21. The van der Waals surface area contributed by atoms with Crippen molar-refractivity contribution in [1.29, 1.82) is 0 Å². The van der Waals surface area contributed by atoms with E-state index in [-0.39, 0.29) is 6.03 Å². The van der Waals surface area contributed by atoms with E-state index in [9.17, 15) is 4.79 Å². The van der Waals surface area contributed by atoms with E-state index in [0.717, 1.165) is 63.7 Å². The van der Waals surface area contributed by atoms with Crippen LogP contribution in [0, 0.1) is 17.8 Å². The van der Waals surface area contributed by atoms with Crippen molar-refractivity contribution in [3.05, 3.63) is 0 Å². The van der Waals surface area contributed by atoms with E-state index in [1.807, 2.05) is 0 Å². The highest BCUT2D eigenvalue weighted by Crippen LogP contribution is 2.55. The number of carbonyl (C=O) groups excluding carboxylic acids is 1. The number of fused-ring (bicyclic) bond motifs is 5. The van der Waals surface area contributed by atoms with Crippen molar-refractivity contribution in [2.24, 2.45) is 17.8 Å². The van der Waals surface area contributed by atoms with Crippen molar-refractivity contribution >= 4 is 6.03 Å². The molecule has 0 spiro atoms. The third-order valence-corrected chi connectivity index (χ3v) is 5.88. The van der Waals surface area contributed by atoms with Crippen LogP contribution >= 0.6 is 0 Å². The molecule has 0 radical (unpaired) electrons. The molecule has 4 rings (SSSR count). The monoisotopic (exact) mass is 279 g/mol. The number of urea groups is 1. The van der Waals surface area contributed by atoms with Gasteiger partial charge < -0.3 is 15.0 Å². The Hall–Kier alpha value is -0.810. The lowest BCUT2D eigenvalue weighted by molar-refractivity contribution is 0.0112. The maximum atomic E-state index is 12.3. The molecule has 0 aromatic rings. The number of ether oxygens (including phenoxy) is 1. The van der Waals surface area contributed by atoms with E-state index >= 15 is 0 Å². The van der Waals surface area contributed by atoms with Gasteiger partial charge in [0.2, 0.25) is 0 Å². The van der Waals surface area contributed by atoms with E-state index in [0.29, 0.717) is 6.04 Å². The van der Waals surface area contributed by atoms with Gasteiger partial charge in [-0.05, 0) is 31.1 Å². The Morgan fingerprint density at radius 3 is 2.80 bits per heavy atom. The lowest BCUT2D eigenvalue weighted by Gasteiger charge is -2.50. The van der Waals surface area contributed by atoms with Gasteiger partial charge in [-0.2, -0.15) is 0 Å². The summed E-state index contributed by atoms with van der Waals surface area (Å²) in [6.45, 7) is 6.36. The maximum absolute atomic E-state index is 12.3. The molecule has 2 heterocycles. The lowest BCUT2D eigenvalue weighted by atomic mass is 9.77. The van der Waals surface area contributed by atoms with E-state index in [1.54, 1.807) is 0 Å². The van der Waals surface area contributed by atoms with Crippen LogP contribution in [0.4, 0.5) is 4.79 Å². The van der Waals surface area contributed by atoms with Gasteiger partial charge in [0.25, 0.3) is 0 Å².